The van der Waals surface area contributed by atoms with E-state index in [1.54, 1.807) is 29.3 Å². The van der Waals surface area contributed by atoms with E-state index in [4.69, 9.17) is 0 Å². The topological polar surface area (TPSA) is 80.5 Å². The van der Waals surface area contributed by atoms with Gasteiger partial charge < -0.3 is 10.6 Å². The van der Waals surface area contributed by atoms with Crippen molar-refractivity contribution in [2.45, 2.75) is 6.18 Å². The zero-order chi connectivity index (χ0) is 17.7. The van der Waals surface area contributed by atoms with Gasteiger partial charge in [0.2, 0.25) is 0 Å². The van der Waals surface area contributed by atoms with Crippen LogP contribution in [0, 0.1) is 0 Å². The largest absolute Gasteiger partial charge is 0.419 e. The van der Waals surface area contributed by atoms with Gasteiger partial charge in [0.1, 0.15) is 11.6 Å². The van der Waals surface area contributed by atoms with Gasteiger partial charge in [0.25, 0.3) is 0 Å². The van der Waals surface area contributed by atoms with E-state index in [0.29, 0.717) is 18.2 Å². The zero-order valence-corrected chi connectivity index (χ0v) is 12.9. The van der Waals surface area contributed by atoms with Crippen LogP contribution in [0.3, 0.4) is 0 Å². The lowest BCUT2D eigenvalue weighted by atomic mass is 10.2. The normalized spacial score (nSPS) is 11.3. The SMILES string of the molecule is FC(F)(F)c1cccnc1NCCNc1cncc(-n2cccn2)n1. The minimum atomic E-state index is -4.45. The van der Waals surface area contributed by atoms with Crippen molar-refractivity contribution >= 4 is 11.6 Å². The van der Waals surface area contributed by atoms with Crippen LogP contribution in [0.2, 0.25) is 0 Å². The minimum Gasteiger partial charge on any atom is -0.368 e. The Labute approximate surface area is 141 Å². The highest BCUT2D eigenvalue weighted by Crippen LogP contribution is 2.33. The van der Waals surface area contributed by atoms with Crippen molar-refractivity contribution in [3.8, 4) is 5.82 Å². The second-order valence-corrected chi connectivity index (χ2v) is 4.96. The van der Waals surface area contributed by atoms with Gasteiger partial charge in [0, 0.05) is 31.7 Å². The van der Waals surface area contributed by atoms with Gasteiger partial charge >= 0.3 is 6.18 Å². The molecule has 130 valence electrons. The molecule has 0 aliphatic carbocycles. The Kier molecular flexibility index (Phi) is 4.78. The molecule has 0 amide bonds. The van der Waals surface area contributed by atoms with E-state index in [-0.39, 0.29) is 12.4 Å². The molecule has 0 aliphatic rings. The number of pyridine rings is 1. The Bertz CT molecular complexity index is 818. The standard InChI is InChI=1S/C15H14F3N7/c16-15(17,18)11-3-1-4-21-14(11)22-7-6-20-12-9-19-10-13(24-12)25-8-2-5-23-25/h1-5,8-10H,6-7H2,(H,20,24)(H,21,22). The van der Waals surface area contributed by atoms with Gasteiger partial charge in [0.05, 0.1) is 18.0 Å². The van der Waals surface area contributed by atoms with Crippen molar-refractivity contribution in [2.24, 2.45) is 0 Å². The molecule has 0 aromatic carbocycles. The third-order valence-electron chi connectivity index (χ3n) is 3.20. The molecule has 3 aromatic heterocycles. The van der Waals surface area contributed by atoms with Crippen LogP contribution in [0.1, 0.15) is 5.56 Å². The number of hydrogen-bond acceptors (Lipinski definition) is 6. The summed E-state index contributed by atoms with van der Waals surface area (Å²) in [4.78, 5) is 12.1. The molecule has 7 nitrogen and oxygen atoms in total. The van der Waals surface area contributed by atoms with Gasteiger partial charge in [-0.15, -0.1) is 0 Å². The van der Waals surface area contributed by atoms with Gasteiger partial charge in [0.15, 0.2) is 5.82 Å². The Balaban J connectivity index is 1.57. The van der Waals surface area contributed by atoms with E-state index in [2.05, 4.69) is 30.7 Å². The maximum Gasteiger partial charge on any atom is 0.419 e. The fourth-order valence-electron chi connectivity index (χ4n) is 2.10. The predicted molar refractivity (Wildman–Crippen MR) is 85.4 cm³/mol. The monoisotopic (exact) mass is 349 g/mol. The Morgan fingerprint density at radius 2 is 1.88 bits per heavy atom. The number of alkyl halides is 3. The predicted octanol–water partition coefficient (Wildman–Crippen LogP) is 2.60. The van der Waals surface area contributed by atoms with Crippen LogP contribution < -0.4 is 10.6 Å². The first-order chi connectivity index (χ1) is 12.0. The van der Waals surface area contributed by atoms with Crippen molar-refractivity contribution in [1.82, 2.24) is 24.7 Å². The van der Waals surface area contributed by atoms with Crippen molar-refractivity contribution < 1.29 is 13.2 Å². The molecule has 0 spiro atoms. The van der Waals surface area contributed by atoms with Crippen LogP contribution in [0.5, 0.6) is 0 Å². The van der Waals surface area contributed by atoms with Crippen LogP contribution in [0.4, 0.5) is 24.8 Å². The Morgan fingerprint density at radius 3 is 2.64 bits per heavy atom. The maximum absolute atomic E-state index is 12.9. The molecule has 0 aliphatic heterocycles. The van der Waals surface area contributed by atoms with Gasteiger partial charge in [-0.2, -0.15) is 18.3 Å². The molecule has 25 heavy (non-hydrogen) atoms. The smallest absolute Gasteiger partial charge is 0.368 e. The summed E-state index contributed by atoms with van der Waals surface area (Å²) >= 11 is 0. The lowest BCUT2D eigenvalue weighted by Crippen LogP contribution is -2.18. The summed E-state index contributed by atoms with van der Waals surface area (Å²) in [6, 6.07) is 4.00. The lowest BCUT2D eigenvalue weighted by molar-refractivity contribution is -0.137. The molecule has 0 atom stereocenters. The van der Waals surface area contributed by atoms with E-state index < -0.39 is 11.7 Å². The van der Waals surface area contributed by atoms with E-state index in [9.17, 15) is 13.2 Å². The fraction of sp³-hybridized carbons (Fsp3) is 0.200. The van der Waals surface area contributed by atoms with Crippen LogP contribution in [0.25, 0.3) is 5.82 Å². The van der Waals surface area contributed by atoms with Crippen molar-refractivity contribution in [2.75, 3.05) is 23.7 Å². The molecule has 0 unspecified atom stereocenters. The molecule has 10 heteroatoms. The number of halogens is 3. The third-order valence-corrected chi connectivity index (χ3v) is 3.20. The average molecular weight is 349 g/mol. The van der Waals surface area contributed by atoms with Crippen molar-refractivity contribution in [3.63, 3.8) is 0 Å². The Hall–Kier alpha value is -3.17. The number of hydrogen-bond donors (Lipinski definition) is 2. The quantitative estimate of drug-likeness (QED) is 0.666. The minimum absolute atomic E-state index is 0.201. The van der Waals surface area contributed by atoms with Gasteiger partial charge in [-0.1, -0.05) is 0 Å². The molecule has 0 bridgehead atoms. The molecule has 0 radical (unpaired) electrons. The summed E-state index contributed by atoms with van der Waals surface area (Å²) in [7, 11) is 0. The molecule has 3 heterocycles. The number of nitrogens with one attached hydrogen (secondary N) is 2. The molecule has 0 saturated heterocycles. The highest BCUT2D eigenvalue weighted by atomic mass is 19.4. The van der Waals surface area contributed by atoms with Crippen LogP contribution in [0.15, 0.2) is 49.2 Å². The second kappa shape index (κ2) is 7.16. The lowest BCUT2D eigenvalue weighted by Gasteiger charge is -2.13. The highest BCUT2D eigenvalue weighted by Gasteiger charge is 2.33. The maximum atomic E-state index is 12.9. The van der Waals surface area contributed by atoms with Crippen molar-refractivity contribution in [1.29, 1.82) is 0 Å². The van der Waals surface area contributed by atoms with Crippen LogP contribution in [-0.4, -0.2) is 37.8 Å². The highest BCUT2D eigenvalue weighted by molar-refractivity contribution is 5.46. The molecular weight excluding hydrogens is 335 g/mol. The molecule has 2 N–H and O–H groups in total. The number of nitrogens with zero attached hydrogens (tertiary/aromatic N) is 5. The van der Waals surface area contributed by atoms with Gasteiger partial charge in [-0.25, -0.2) is 14.6 Å². The molecule has 0 fully saturated rings. The van der Waals surface area contributed by atoms with Gasteiger partial charge in [-0.3, -0.25) is 4.98 Å². The van der Waals surface area contributed by atoms with Gasteiger partial charge in [-0.05, 0) is 18.2 Å². The summed E-state index contributed by atoms with van der Waals surface area (Å²) < 4.78 is 40.2. The Morgan fingerprint density at radius 1 is 1.04 bits per heavy atom. The van der Waals surface area contributed by atoms with Crippen LogP contribution in [-0.2, 0) is 6.18 Å². The summed E-state index contributed by atoms with van der Waals surface area (Å²) in [6.45, 7) is 0.568. The number of aromatic nitrogens is 5. The summed E-state index contributed by atoms with van der Waals surface area (Å²) in [6.07, 6.45) is 3.29. The first kappa shape index (κ1) is 16.7. The van der Waals surface area contributed by atoms with E-state index in [1.165, 1.54) is 18.5 Å². The average Bonchev–Trinajstić information content (AvgIpc) is 3.13. The first-order valence-electron chi connectivity index (χ1n) is 7.36. The van der Waals surface area contributed by atoms with E-state index >= 15 is 0 Å². The summed E-state index contributed by atoms with van der Waals surface area (Å²) in [5.74, 6) is 0.826. The fourth-order valence-corrected chi connectivity index (χ4v) is 2.10. The molecule has 3 aromatic rings. The molecular formula is C15H14F3N7. The number of anilines is 2. The number of rotatable bonds is 6. The third kappa shape index (κ3) is 4.22. The second-order valence-electron chi connectivity index (χ2n) is 4.96. The summed E-state index contributed by atoms with van der Waals surface area (Å²) in [5, 5.41) is 9.72. The van der Waals surface area contributed by atoms with Crippen LogP contribution >= 0.6 is 0 Å². The zero-order valence-electron chi connectivity index (χ0n) is 12.9. The first-order valence-corrected chi connectivity index (χ1v) is 7.36. The molecule has 0 saturated carbocycles. The van der Waals surface area contributed by atoms with E-state index in [1.807, 2.05) is 0 Å². The summed E-state index contributed by atoms with van der Waals surface area (Å²) in [5.41, 5.74) is -0.796. The van der Waals surface area contributed by atoms with Crippen molar-refractivity contribution in [3.05, 3.63) is 54.7 Å². The van der Waals surface area contributed by atoms with E-state index in [0.717, 1.165) is 6.07 Å². The molecule has 3 rings (SSSR count).